The zero-order valence-electron chi connectivity index (χ0n) is 20.1. The van der Waals surface area contributed by atoms with Crippen molar-refractivity contribution in [3.05, 3.63) is 64.7 Å². The number of nitrogens with one attached hydrogen (secondary N) is 1. The first-order valence-corrected chi connectivity index (χ1v) is 13.2. The Bertz CT molecular complexity index is 1450. The largest absolute Gasteiger partial charge is 0.462 e. The molecule has 0 saturated carbocycles. The molecule has 1 aliphatic rings. The summed E-state index contributed by atoms with van der Waals surface area (Å²) in [5.41, 5.74) is 0.566. The van der Waals surface area contributed by atoms with Crippen LogP contribution in [0.1, 0.15) is 43.5 Å². The van der Waals surface area contributed by atoms with Crippen LogP contribution in [0.3, 0.4) is 0 Å². The van der Waals surface area contributed by atoms with Crippen molar-refractivity contribution in [1.82, 2.24) is 13.9 Å². The molecule has 1 aliphatic heterocycles. The Morgan fingerprint density at radius 2 is 1.89 bits per heavy atom. The lowest BCUT2D eigenvalue weighted by Crippen LogP contribution is -2.41. The fourth-order valence-corrected chi connectivity index (χ4v) is 6.04. The molecule has 190 valence electrons. The molecule has 36 heavy (non-hydrogen) atoms. The molecule has 11 heteroatoms. The Balaban J connectivity index is 1.55. The Labute approximate surface area is 208 Å². The lowest BCUT2D eigenvalue weighted by molar-refractivity contribution is -0.116. The summed E-state index contributed by atoms with van der Waals surface area (Å²) < 4.78 is 34.1. The molecular formula is C25H28N4O6S. The Kier molecular flexibility index (Phi) is 7.51. The third-order valence-corrected chi connectivity index (χ3v) is 8.17. The highest BCUT2D eigenvalue weighted by atomic mass is 32.2. The van der Waals surface area contributed by atoms with Crippen LogP contribution in [-0.4, -0.2) is 53.3 Å². The molecule has 1 N–H and O–H groups in total. The molecule has 1 amide bonds. The molecule has 0 aliphatic carbocycles. The van der Waals surface area contributed by atoms with Gasteiger partial charge in [0.15, 0.2) is 0 Å². The minimum Gasteiger partial charge on any atom is -0.462 e. The number of fused-ring (bicyclic) bond motifs is 1. The van der Waals surface area contributed by atoms with Crippen molar-refractivity contribution < 1.29 is 22.7 Å². The SMILES string of the molecule is CCOC(=O)c1ccc(NC(=O)Cn2c(=O)ncc3cc(S(=O)(=O)N4CCCCC4C)ccc32)cc1. The van der Waals surface area contributed by atoms with Gasteiger partial charge in [0.05, 0.1) is 22.6 Å². The molecule has 1 saturated heterocycles. The van der Waals surface area contributed by atoms with Crippen LogP contribution >= 0.6 is 0 Å². The number of anilines is 1. The Hall–Kier alpha value is -3.57. The Morgan fingerprint density at radius 1 is 1.14 bits per heavy atom. The van der Waals surface area contributed by atoms with E-state index < -0.39 is 27.6 Å². The maximum absolute atomic E-state index is 13.2. The number of esters is 1. The fourth-order valence-electron chi connectivity index (χ4n) is 4.31. The highest BCUT2D eigenvalue weighted by molar-refractivity contribution is 7.89. The summed E-state index contributed by atoms with van der Waals surface area (Å²) in [4.78, 5) is 40.9. The monoisotopic (exact) mass is 512 g/mol. The second kappa shape index (κ2) is 10.6. The van der Waals surface area contributed by atoms with Crippen molar-refractivity contribution >= 4 is 38.5 Å². The molecule has 1 fully saturated rings. The van der Waals surface area contributed by atoms with E-state index in [1.54, 1.807) is 19.1 Å². The summed E-state index contributed by atoms with van der Waals surface area (Å²) in [6, 6.07) is 10.6. The van der Waals surface area contributed by atoms with E-state index in [9.17, 15) is 22.8 Å². The van der Waals surface area contributed by atoms with E-state index >= 15 is 0 Å². The second-order valence-corrected chi connectivity index (χ2v) is 10.5. The fraction of sp³-hybridized carbons (Fsp3) is 0.360. The molecule has 3 aromatic rings. The number of amides is 1. The summed E-state index contributed by atoms with van der Waals surface area (Å²) in [5, 5.41) is 3.12. The summed E-state index contributed by atoms with van der Waals surface area (Å²) in [6.07, 6.45) is 3.95. The molecule has 0 radical (unpaired) electrons. The van der Waals surface area contributed by atoms with Crippen LogP contribution in [0, 0.1) is 0 Å². The van der Waals surface area contributed by atoms with Crippen LogP contribution in [-0.2, 0) is 26.1 Å². The third kappa shape index (κ3) is 5.31. The highest BCUT2D eigenvalue weighted by Gasteiger charge is 2.31. The molecule has 0 spiro atoms. The van der Waals surface area contributed by atoms with Crippen molar-refractivity contribution in [3.8, 4) is 0 Å². The average Bonchev–Trinajstić information content (AvgIpc) is 2.86. The van der Waals surface area contributed by atoms with Crippen LogP contribution in [0.4, 0.5) is 5.69 Å². The van der Waals surface area contributed by atoms with Crippen LogP contribution in [0.15, 0.2) is 58.4 Å². The van der Waals surface area contributed by atoms with E-state index in [0.717, 1.165) is 19.3 Å². The topological polar surface area (TPSA) is 128 Å². The maximum Gasteiger partial charge on any atom is 0.348 e. The van der Waals surface area contributed by atoms with Crippen molar-refractivity contribution in [2.75, 3.05) is 18.5 Å². The van der Waals surface area contributed by atoms with Gasteiger partial charge in [0.2, 0.25) is 15.9 Å². The van der Waals surface area contributed by atoms with E-state index in [0.29, 0.717) is 28.7 Å². The summed E-state index contributed by atoms with van der Waals surface area (Å²) >= 11 is 0. The average molecular weight is 513 g/mol. The number of piperidine rings is 1. The third-order valence-electron chi connectivity index (χ3n) is 6.16. The molecule has 1 atom stereocenters. The van der Waals surface area contributed by atoms with Gasteiger partial charge < -0.3 is 10.1 Å². The van der Waals surface area contributed by atoms with Gasteiger partial charge in [-0.2, -0.15) is 4.31 Å². The minimum atomic E-state index is -3.70. The quantitative estimate of drug-likeness (QED) is 0.482. The molecule has 1 unspecified atom stereocenters. The second-order valence-electron chi connectivity index (χ2n) is 8.65. The van der Waals surface area contributed by atoms with Gasteiger partial charge in [0.25, 0.3) is 0 Å². The molecule has 10 nitrogen and oxygen atoms in total. The minimum absolute atomic E-state index is 0.0819. The smallest absolute Gasteiger partial charge is 0.348 e. The first-order valence-electron chi connectivity index (χ1n) is 11.8. The molecule has 4 rings (SSSR count). The van der Waals surface area contributed by atoms with Crippen molar-refractivity contribution in [2.24, 2.45) is 0 Å². The lowest BCUT2D eigenvalue weighted by Gasteiger charge is -2.32. The van der Waals surface area contributed by atoms with Gasteiger partial charge >= 0.3 is 11.7 Å². The zero-order chi connectivity index (χ0) is 25.9. The van der Waals surface area contributed by atoms with Gasteiger partial charge in [0, 0.05) is 29.9 Å². The van der Waals surface area contributed by atoms with Crippen LogP contribution in [0.25, 0.3) is 10.9 Å². The zero-order valence-corrected chi connectivity index (χ0v) is 21.0. The van der Waals surface area contributed by atoms with Gasteiger partial charge in [-0.3, -0.25) is 9.36 Å². The molecule has 0 bridgehead atoms. The standard InChI is InChI=1S/C25H28N4O6S/c1-3-35-24(31)18-7-9-20(10-8-18)27-23(30)16-28-22-12-11-21(14-19(22)15-26-25(28)32)36(33,34)29-13-5-4-6-17(29)2/h7-12,14-15,17H,3-6,13,16H2,1-2H3,(H,27,30). The number of ether oxygens (including phenoxy) is 1. The summed E-state index contributed by atoms with van der Waals surface area (Å²) in [7, 11) is -3.70. The van der Waals surface area contributed by atoms with Crippen LogP contribution in [0.2, 0.25) is 0 Å². The first-order chi connectivity index (χ1) is 17.2. The predicted octanol–water partition coefficient (Wildman–Crippen LogP) is 2.78. The van der Waals surface area contributed by atoms with Gasteiger partial charge in [0.1, 0.15) is 6.54 Å². The van der Waals surface area contributed by atoms with E-state index in [1.165, 1.54) is 45.4 Å². The number of sulfonamides is 1. The van der Waals surface area contributed by atoms with Gasteiger partial charge in [-0.25, -0.2) is 23.0 Å². The van der Waals surface area contributed by atoms with Crippen molar-refractivity contribution in [3.63, 3.8) is 0 Å². The summed E-state index contributed by atoms with van der Waals surface area (Å²) in [5.74, 6) is -0.936. The number of rotatable bonds is 7. The first kappa shape index (κ1) is 25.5. The number of hydrogen-bond donors (Lipinski definition) is 1. The predicted molar refractivity (Wildman–Crippen MR) is 134 cm³/mol. The number of benzene rings is 2. The van der Waals surface area contributed by atoms with E-state index in [-0.39, 0.29) is 24.1 Å². The van der Waals surface area contributed by atoms with Crippen molar-refractivity contribution in [2.45, 2.75) is 50.6 Å². The lowest BCUT2D eigenvalue weighted by atomic mass is 10.1. The van der Waals surface area contributed by atoms with Gasteiger partial charge in [-0.15, -0.1) is 0 Å². The summed E-state index contributed by atoms with van der Waals surface area (Å²) in [6.45, 7) is 4.03. The Morgan fingerprint density at radius 3 is 2.58 bits per heavy atom. The van der Waals surface area contributed by atoms with E-state index in [2.05, 4.69) is 10.3 Å². The van der Waals surface area contributed by atoms with Crippen LogP contribution < -0.4 is 11.0 Å². The number of carbonyl (C=O) groups excluding carboxylic acids is 2. The molecule has 2 heterocycles. The van der Waals surface area contributed by atoms with Gasteiger partial charge in [-0.05, 0) is 69.2 Å². The molecular weight excluding hydrogens is 484 g/mol. The van der Waals surface area contributed by atoms with E-state index in [1.807, 2.05) is 6.92 Å². The molecule has 2 aromatic carbocycles. The van der Waals surface area contributed by atoms with Crippen LogP contribution in [0.5, 0.6) is 0 Å². The normalized spacial score (nSPS) is 16.6. The van der Waals surface area contributed by atoms with Crippen molar-refractivity contribution in [1.29, 1.82) is 0 Å². The highest BCUT2D eigenvalue weighted by Crippen LogP contribution is 2.27. The van der Waals surface area contributed by atoms with Gasteiger partial charge in [-0.1, -0.05) is 6.42 Å². The van der Waals surface area contributed by atoms with E-state index in [4.69, 9.17) is 4.74 Å². The molecule has 1 aromatic heterocycles. The number of hydrogen-bond acceptors (Lipinski definition) is 7. The maximum atomic E-state index is 13.2. The number of nitrogens with zero attached hydrogens (tertiary/aromatic N) is 3. The number of aromatic nitrogens is 2. The number of carbonyl (C=O) groups is 2.